The molecule has 0 bridgehead atoms. The van der Waals surface area contributed by atoms with Crippen molar-refractivity contribution in [2.24, 2.45) is 0 Å². The van der Waals surface area contributed by atoms with Crippen molar-refractivity contribution in [1.29, 1.82) is 0 Å². The summed E-state index contributed by atoms with van der Waals surface area (Å²) in [6, 6.07) is 6.99. The van der Waals surface area contributed by atoms with E-state index in [2.05, 4.69) is 27.4 Å². The molecule has 2 N–H and O–H groups in total. The summed E-state index contributed by atoms with van der Waals surface area (Å²) in [6.07, 6.45) is 1.75. The average Bonchev–Trinajstić information content (AvgIpc) is 2.95. The molecule has 0 aliphatic heterocycles. The summed E-state index contributed by atoms with van der Waals surface area (Å²) in [5.74, 6) is -0.0943. The van der Waals surface area contributed by atoms with Crippen molar-refractivity contribution in [2.45, 2.75) is 16.5 Å². The van der Waals surface area contributed by atoms with Gasteiger partial charge in [-0.15, -0.1) is 16.8 Å². The van der Waals surface area contributed by atoms with E-state index in [1.807, 2.05) is 6.92 Å². The van der Waals surface area contributed by atoms with Crippen molar-refractivity contribution in [3.05, 3.63) is 41.9 Å². The molecule has 1 aromatic heterocycles. The van der Waals surface area contributed by atoms with E-state index in [1.54, 1.807) is 30.3 Å². The van der Waals surface area contributed by atoms with Gasteiger partial charge < -0.3 is 10.6 Å². The SMILES string of the molecule is C=CCNc1nnc(S[C@@H](C)C(=O)Nc2ccc(Cl)cc2)s1. The van der Waals surface area contributed by atoms with Crippen molar-refractivity contribution in [1.82, 2.24) is 10.2 Å². The monoisotopic (exact) mass is 354 g/mol. The molecule has 0 saturated heterocycles. The number of nitrogens with zero attached hydrogens (tertiary/aromatic N) is 2. The Morgan fingerprint density at radius 3 is 2.86 bits per heavy atom. The molecule has 5 nitrogen and oxygen atoms in total. The predicted octanol–water partition coefficient (Wildman–Crippen LogP) is 3.91. The Bertz CT molecular complexity index is 645. The van der Waals surface area contributed by atoms with Gasteiger partial charge in [0.05, 0.1) is 5.25 Å². The van der Waals surface area contributed by atoms with Gasteiger partial charge >= 0.3 is 0 Å². The highest BCUT2D eigenvalue weighted by Gasteiger charge is 2.17. The van der Waals surface area contributed by atoms with Gasteiger partial charge in [0.1, 0.15) is 0 Å². The number of carbonyl (C=O) groups is 1. The van der Waals surface area contributed by atoms with Gasteiger partial charge in [0.25, 0.3) is 0 Å². The van der Waals surface area contributed by atoms with Crippen LogP contribution in [0.5, 0.6) is 0 Å². The smallest absolute Gasteiger partial charge is 0.237 e. The fraction of sp³-hybridized carbons (Fsp3) is 0.214. The minimum atomic E-state index is -0.282. The van der Waals surface area contributed by atoms with Gasteiger partial charge in [0.15, 0.2) is 4.34 Å². The molecular formula is C14H15ClN4OS2. The Hall–Kier alpha value is -1.57. The normalized spacial score (nSPS) is 11.7. The van der Waals surface area contributed by atoms with Crippen LogP contribution in [0.2, 0.25) is 5.02 Å². The first-order valence-electron chi connectivity index (χ1n) is 6.50. The maximum atomic E-state index is 12.1. The highest BCUT2D eigenvalue weighted by Crippen LogP contribution is 2.29. The summed E-state index contributed by atoms with van der Waals surface area (Å²) in [6.45, 7) is 6.09. The molecule has 2 rings (SSSR count). The lowest BCUT2D eigenvalue weighted by Crippen LogP contribution is -2.22. The third-order valence-corrected chi connectivity index (χ3v) is 4.88. The van der Waals surface area contributed by atoms with Crippen LogP contribution < -0.4 is 10.6 Å². The lowest BCUT2D eigenvalue weighted by molar-refractivity contribution is -0.115. The predicted molar refractivity (Wildman–Crippen MR) is 94.0 cm³/mol. The molecule has 0 unspecified atom stereocenters. The minimum absolute atomic E-state index is 0.0943. The van der Waals surface area contributed by atoms with Crippen LogP contribution in [0.4, 0.5) is 10.8 Å². The van der Waals surface area contributed by atoms with E-state index in [0.717, 1.165) is 4.34 Å². The minimum Gasteiger partial charge on any atom is -0.357 e. The summed E-state index contributed by atoms with van der Waals surface area (Å²) in [7, 11) is 0. The topological polar surface area (TPSA) is 66.9 Å². The number of amides is 1. The highest BCUT2D eigenvalue weighted by atomic mass is 35.5. The first-order chi connectivity index (χ1) is 10.6. The summed E-state index contributed by atoms with van der Waals surface area (Å²) in [4.78, 5) is 12.1. The van der Waals surface area contributed by atoms with Crippen molar-refractivity contribution in [3.8, 4) is 0 Å². The van der Waals surface area contributed by atoms with Gasteiger partial charge in [-0.3, -0.25) is 4.79 Å². The third-order valence-electron chi connectivity index (χ3n) is 2.56. The van der Waals surface area contributed by atoms with E-state index in [-0.39, 0.29) is 11.2 Å². The molecular weight excluding hydrogens is 340 g/mol. The Kier molecular flexibility index (Phi) is 6.23. The highest BCUT2D eigenvalue weighted by molar-refractivity contribution is 8.02. The van der Waals surface area contributed by atoms with Gasteiger partial charge in [-0.05, 0) is 31.2 Å². The number of nitrogens with one attached hydrogen (secondary N) is 2. The first kappa shape index (κ1) is 16.8. The number of halogens is 1. The molecule has 1 atom stereocenters. The first-order valence-corrected chi connectivity index (χ1v) is 8.57. The fourth-order valence-corrected chi connectivity index (χ4v) is 3.50. The zero-order valence-corrected chi connectivity index (χ0v) is 14.3. The van der Waals surface area contributed by atoms with E-state index in [9.17, 15) is 4.79 Å². The Labute approximate surface area is 142 Å². The van der Waals surface area contributed by atoms with E-state index in [0.29, 0.717) is 22.4 Å². The molecule has 22 heavy (non-hydrogen) atoms. The van der Waals surface area contributed by atoms with Gasteiger partial charge in [0, 0.05) is 17.3 Å². The molecule has 0 spiro atoms. The van der Waals surface area contributed by atoms with E-state index in [1.165, 1.54) is 23.1 Å². The van der Waals surface area contributed by atoms with Crippen molar-refractivity contribution >= 4 is 51.4 Å². The molecule has 0 saturated carbocycles. The lowest BCUT2D eigenvalue weighted by atomic mass is 10.3. The van der Waals surface area contributed by atoms with Crippen molar-refractivity contribution in [2.75, 3.05) is 17.2 Å². The van der Waals surface area contributed by atoms with Gasteiger partial charge in [-0.25, -0.2) is 0 Å². The molecule has 116 valence electrons. The van der Waals surface area contributed by atoms with Crippen LogP contribution in [0.25, 0.3) is 0 Å². The van der Waals surface area contributed by atoms with Crippen molar-refractivity contribution in [3.63, 3.8) is 0 Å². The molecule has 1 amide bonds. The lowest BCUT2D eigenvalue weighted by Gasteiger charge is -2.10. The van der Waals surface area contributed by atoms with Crippen LogP contribution in [0, 0.1) is 0 Å². The third kappa shape index (κ3) is 5.01. The zero-order valence-electron chi connectivity index (χ0n) is 11.9. The quantitative estimate of drug-likeness (QED) is 0.583. The number of benzene rings is 1. The molecule has 0 fully saturated rings. The van der Waals surface area contributed by atoms with Crippen molar-refractivity contribution < 1.29 is 4.79 Å². The van der Waals surface area contributed by atoms with Crippen LogP contribution in [-0.4, -0.2) is 27.9 Å². The molecule has 1 heterocycles. The van der Waals surface area contributed by atoms with E-state index >= 15 is 0 Å². The Morgan fingerprint density at radius 2 is 2.18 bits per heavy atom. The number of hydrogen-bond donors (Lipinski definition) is 2. The maximum Gasteiger partial charge on any atom is 0.237 e. The number of aromatic nitrogens is 2. The van der Waals surface area contributed by atoms with Crippen LogP contribution in [-0.2, 0) is 4.79 Å². The number of anilines is 2. The number of thioether (sulfide) groups is 1. The Balaban J connectivity index is 1.89. The number of hydrogen-bond acceptors (Lipinski definition) is 6. The largest absolute Gasteiger partial charge is 0.357 e. The summed E-state index contributed by atoms with van der Waals surface area (Å²) in [5, 5.41) is 15.0. The molecule has 2 aromatic rings. The van der Waals surface area contributed by atoms with Crippen LogP contribution >= 0.6 is 34.7 Å². The van der Waals surface area contributed by atoms with Gasteiger partial charge in [0.2, 0.25) is 11.0 Å². The molecule has 0 aliphatic rings. The van der Waals surface area contributed by atoms with Gasteiger partial charge in [-0.2, -0.15) is 0 Å². The molecule has 0 radical (unpaired) electrons. The zero-order chi connectivity index (χ0) is 15.9. The van der Waals surface area contributed by atoms with E-state index < -0.39 is 0 Å². The van der Waals surface area contributed by atoms with Crippen LogP contribution in [0.3, 0.4) is 0 Å². The molecule has 1 aromatic carbocycles. The van der Waals surface area contributed by atoms with Gasteiger partial charge in [-0.1, -0.05) is 40.8 Å². The Morgan fingerprint density at radius 1 is 1.45 bits per heavy atom. The average molecular weight is 355 g/mol. The number of carbonyl (C=O) groups excluding carboxylic acids is 1. The van der Waals surface area contributed by atoms with E-state index in [4.69, 9.17) is 11.6 Å². The fourth-order valence-electron chi connectivity index (χ4n) is 1.47. The molecule has 8 heteroatoms. The summed E-state index contributed by atoms with van der Waals surface area (Å²) in [5.41, 5.74) is 0.715. The van der Waals surface area contributed by atoms with Crippen LogP contribution in [0.1, 0.15) is 6.92 Å². The maximum absolute atomic E-state index is 12.1. The molecule has 0 aliphatic carbocycles. The standard InChI is InChI=1S/C14H15ClN4OS2/c1-3-8-16-13-18-19-14(22-13)21-9(2)12(20)17-11-6-4-10(15)5-7-11/h3-7,9H,1,8H2,2H3,(H,16,18)(H,17,20)/t9-/m0/s1. The second kappa shape index (κ2) is 8.17. The second-order valence-corrected chi connectivity index (χ2v) is 7.30. The second-order valence-electron chi connectivity index (χ2n) is 4.30. The summed E-state index contributed by atoms with van der Waals surface area (Å²) >= 11 is 8.59. The summed E-state index contributed by atoms with van der Waals surface area (Å²) < 4.78 is 0.741. The van der Waals surface area contributed by atoms with Crippen LogP contribution in [0.15, 0.2) is 41.3 Å². The number of rotatable bonds is 7.